The number of fused-ring (bicyclic) bond motifs is 1. The molecule has 2 aromatic rings. The second-order valence-electron chi connectivity index (χ2n) is 5.54. The second kappa shape index (κ2) is 6.95. The standard InChI is InChI=1S/C17H15FN8/c18-6-5-9-3-1-2-4-10(9)14-12-13(21)11(7-19)15(22)25-16(12)26-17(24-14)23-8-20/h1-4,14H,5-6H2,(H6,21,22,23,24,25,26). The summed E-state index contributed by atoms with van der Waals surface area (Å²) in [5.41, 5.74) is 14.1. The number of aliphatic imine (C=N–C) groups is 1. The van der Waals surface area contributed by atoms with Crippen LogP contribution < -0.4 is 22.1 Å². The molecule has 1 aromatic carbocycles. The highest BCUT2D eigenvalue weighted by molar-refractivity contribution is 5.98. The summed E-state index contributed by atoms with van der Waals surface area (Å²) in [6, 6.07) is 8.50. The summed E-state index contributed by atoms with van der Waals surface area (Å²) in [4.78, 5) is 8.66. The Hall–Kier alpha value is -3.85. The molecule has 26 heavy (non-hydrogen) atoms. The topological polar surface area (TPSA) is 149 Å². The predicted molar refractivity (Wildman–Crippen MR) is 95.5 cm³/mol. The van der Waals surface area contributed by atoms with Gasteiger partial charge in [-0.1, -0.05) is 24.3 Å². The number of pyridine rings is 1. The highest BCUT2D eigenvalue weighted by Gasteiger charge is 2.30. The van der Waals surface area contributed by atoms with E-state index >= 15 is 0 Å². The Labute approximate surface area is 149 Å². The molecular weight excluding hydrogens is 335 g/mol. The minimum atomic E-state index is -0.662. The number of guanidine groups is 1. The van der Waals surface area contributed by atoms with Crippen LogP contribution in [0, 0.1) is 22.8 Å². The van der Waals surface area contributed by atoms with E-state index in [-0.39, 0.29) is 29.4 Å². The van der Waals surface area contributed by atoms with Crippen molar-refractivity contribution >= 4 is 23.3 Å². The molecule has 1 atom stereocenters. The lowest BCUT2D eigenvalue weighted by molar-refractivity contribution is 0.494. The van der Waals surface area contributed by atoms with Gasteiger partial charge in [-0.3, -0.25) is 9.71 Å². The number of nitrogens with zero attached hydrogens (tertiary/aromatic N) is 4. The summed E-state index contributed by atoms with van der Waals surface area (Å²) >= 11 is 0. The number of nitrogens with one attached hydrogen (secondary N) is 2. The molecule has 1 unspecified atom stereocenters. The van der Waals surface area contributed by atoms with Crippen LogP contribution in [0.4, 0.5) is 21.7 Å². The Morgan fingerprint density at radius 3 is 2.73 bits per heavy atom. The number of aromatic nitrogens is 1. The average Bonchev–Trinajstić information content (AvgIpc) is 2.62. The van der Waals surface area contributed by atoms with Crippen molar-refractivity contribution in [2.24, 2.45) is 4.99 Å². The molecule has 1 aliphatic heterocycles. The number of hydrogen-bond acceptors (Lipinski definition) is 8. The van der Waals surface area contributed by atoms with Gasteiger partial charge in [-0.2, -0.15) is 10.5 Å². The molecule has 6 N–H and O–H groups in total. The minimum absolute atomic E-state index is 0.0229. The molecule has 130 valence electrons. The van der Waals surface area contributed by atoms with Gasteiger partial charge in [-0.25, -0.2) is 9.98 Å². The van der Waals surface area contributed by atoms with E-state index in [4.69, 9.17) is 16.7 Å². The van der Waals surface area contributed by atoms with Crippen molar-refractivity contribution < 1.29 is 4.39 Å². The predicted octanol–water partition coefficient (Wildman–Crippen LogP) is 1.57. The molecule has 0 spiro atoms. The molecule has 3 rings (SSSR count). The second-order valence-corrected chi connectivity index (χ2v) is 5.54. The van der Waals surface area contributed by atoms with Gasteiger partial charge in [0.15, 0.2) is 6.19 Å². The molecule has 2 heterocycles. The Bertz CT molecular complexity index is 970. The third-order valence-electron chi connectivity index (χ3n) is 4.07. The Kier molecular flexibility index (Phi) is 4.54. The van der Waals surface area contributed by atoms with Gasteiger partial charge in [0.2, 0.25) is 5.96 Å². The lowest BCUT2D eigenvalue weighted by Crippen LogP contribution is -2.33. The number of nitrogens with two attached hydrogens (primary N) is 2. The number of rotatable bonds is 3. The number of hydrogen-bond donors (Lipinski definition) is 4. The van der Waals surface area contributed by atoms with Crippen molar-refractivity contribution in [2.75, 3.05) is 23.5 Å². The largest absolute Gasteiger partial charge is 0.397 e. The molecule has 0 radical (unpaired) electrons. The molecule has 1 aliphatic rings. The molecule has 0 saturated carbocycles. The van der Waals surface area contributed by atoms with Crippen molar-refractivity contribution in [1.82, 2.24) is 10.3 Å². The van der Waals surface area contributed by atoms with E-state index in [9.17, 15) is 9.65 Å². The quantitative estimate of drug-likeness (QED) is 0.485. The zero-order chi connectivity index (χ0) is 18.7. The summed E-state index contributed by atoms with van der Waals surface area (Å²) in [6.07, 6.45) is 1.99. The maximum Gasteiger partial charge on any atom is 0.211 e. The number of nitriles is 2. The maximum atomic E-state index is 13.0. The SMILES string of the molecule is N#CNC1=NC(c2ccccc2CCF)c2c(nc(N)c(C#N)c2N)N1. The van der Waals surface area contributed by atoms with Crippen molar-refractivity contribution in [3.8, 4) is 12.3 Å². The van der Waals surface area contributed by atoms with E-state index in [0.717, 1.165) is 5.56 Å². The van der Waals surface area contributed by atoms with Crippen LogP contribution in [0.3, 0.4) is 0 Å². The van der Waals surface area contributed by atoms with E-state index < -0.39 is 12.7 Å². The Morgan fingerprint density at radius 2 is 2.04 bits per heavy atom. The van der Waals surface area contributed by atoms with Crippen molar-refractivity contribution in [3.05, 3.63) is 46.5 Å². The third-order valence-corrected chi connectivity index (χ3v) is 4.07. The summed E-state index contributed by atoms with van der Waals surface area (Å²) < 4.78 is 13.0. The minimum Gasteiger partial charge on any atom is -0.397 e. The number of benzene rings is 1. The van der Waals surface area contributed by atoms with Crippen molar-refractivity contribution in [2.45, 2.75) is 12.5 Å². The summed E-state index contributed by atoms with van der Waals surface area (Å²) in [5.74, 6) is 0.438. The lowest BCUT2D eigenvalue weighted by atomic mass is 9.91. The van der Waals surface area contributed by atoms with Crippen LogP contribution >= 0.6 is 0 Å². The number of nitrogen functional groups attached to an aromatic ring is 2. The number of halogens is 1. The van der Waals surface area contributed by atoms with Crippen LogP contribution in [-0.2, 0) is 6.42 Å². The van der Waals surface area contributed by atoms with E-state index in [1.54, 1.807) is 30.5 Å². The molecule has 8 nitrogen and oxygen atoms in total. The molecule has 0 aliphatic carbocycles. The molecule has 0 fully saturated rings. The number of anilines is 3. The number of aryl methyl sites for hydroxylation is 1. The first kappa shape index (κ1) is 17.0. The first-order valence-corrected chi connectivity index (χ1v) is 7.73. The first-order chi connectivity index (χ1) is 12.6. The summed E-state index contributed by atoms with van der Waals surface area (Å²) in [7, 11) is 0. The zero-order valence-electron chi connectivity index (χ0n) is 13.6. The van der Waals surface area contributed by atoms with Gasteiger partial charge >= 0.3 is 0 Å². The van der Waals surface area contributed by atoms with E-state index in [1.165, 1.54) is 0 Å². The molecular formula is C17H15FN8. The molecule has 0 amide bonds. The molecule has 0 saturated heterocycles. The van der Waals surface area contributed by atoms with Gasteiger partial charge in [0.05, 0.1) is 12.4 Å². The number of alkyl halides is 1. The van der Waals surface area contributed by atoms with Crippen LogP contribution in [0.5, 0.6) is 0 Å². The van der Waals surface area contributed by atoms with Crippen LogP contribution in [0.2, 0.25) is 0 Å². The average molecular weight is 350 g/mol. The summed E-state index contributed by atoms with van der Waals surface area (Å²) in [5, 5.41) is 23.5. The van der Waals surface area contributed by atoms with Gasteiger partial charge in [-0.15, -0.1) is 0 Å². The van der Waals surface area contributed by atoms with Gasteiger partial charge < -0.3 is 16.8 Å². The fraction of sp³-hybridized carbons (Fsp3) is 0.176. The van der Waals surface area contributed by atoms with Gasteiger partial charge in [-0.05, 0) is 11.1 Å². The zero-order valence-corrected chi connectivity index (χ0v) is 13.6. The van der Waals surface area contributed by atoms with Crippen molar-refractivity contribution in [3.63, 3.8) is 0 Å². The maximum absolute atomic E-state index is 13.0. The smallest absolute Gasteiger partial charge is 0.211 e. The van der Waals surface area contributed by atoms with Crippen LogP contribution in [0.25, 0.3) is 0 Å². The van der Waals surface area contributed by atoms with Gasteiger partial charge in [0, 0.05) is 12.0 Å². The van der Waals surface area contributed by atoms with E-state index in [2.05, 4.69) is 20.6 Å². The van der Waals surface area contributed by atoms with Crippen LogP contribution in [0.1, 0.15) is 28.3 Å². The Morgan fingerprint density at radius 1 is 1.27 bits per heavy atom. The lowest BCUT2D eigenvalue weighted by Gasteiger charge is -2.27. The Balaban J connectivity index is 2.26. The first-order valence-electron chi connectivity index (χ1n) is 7.73. The third kappa shape index (κ3) is 2.82. The molecule has 0 bridgehead atoms. The molecule has 1 aromatic heterocycles. The fourth-order valence-corrected chi connectivity index (χ4v) is 2.94. The summed E-state index contributed by atoms with van der Waals surface area (Å²) in [6.45, 7) is -0.527. The molecule has 9 heteroatoms. The van der Waals surface area contributed by atoms with Crippen LogP contribution in [0.15, 0.2) is 29.3 Å². The van der Waals surface area contributed by atoms with Gasteiger partial charge in [0.1, 0.15) is 29.3 Å². The van der Waals surface area contributed by atoms with Crippen LogP contribution in [-0.4, -0.2) is 17.6 Å². The van der Waals surface area contributed by atoms with Gasteiger partial charge in [0.25, 0.3) is 0 Å². The fourth-order valence-electron chi connectivity index (χ4n) is 2.94. The highest BCUT2D eigenvalue weighted by atomic mass is 19.1. The monoisotopic (exact) mass is 350 g/mol. The normalized spacial score (nSPS) is 15.0. The van der Waals surface area contributed by atoms with Crippen molar-refractivity contribution in [1.29, 1.82) is 10.5 Å². The van der Waals surface area contributed by atoms with E-state index in [1.807, 2.05) is 6.07 Å². The highest BCUT2D eigenvalue weighted by Crippen LogP contribution is 2.41. The van der Waals surface area contributed by atoms with E-state index in [0.29, 0.717) is 16.9 Å².